The van der Waals surface area contributed by atoms with E-state index in [9.17, 15) is 9.59 Å². The van der Waals surface area contributed by atoms with Crippen LogP contribution >= 0.6 is 0 Å². The number of esters is 1. The molecular formula is C10H14O4. The molecule has 0 amide bonds. The Morgan fingerprint density at radius 1 is 1.50 bits per heavy atom. The largest absolute Gasteiger partial charge is 0.478 e. The van der Waals surface area contributed by atoms with Gasteiger partial charge in [-0.25, -0.2) is 9.59 Å². The van der Waals surface area contributed by atoms with Gasteiger partial charge in [-0.3, -0.25) is 0 Å². The Hall–Kier alpha value is -1.58. The minimum absolute atomic E-state index is 0.0540. The van der Waals surface area contributed by atoms with Crippen LogP contribution in [-0.2, 0) is 14.3 Å². The van der Waals surface area contributed by atoms with Crippen molar-refractivity contribution in [1.82, 2.24) is 0 Å². The van der Waals surface area contributed by atoms with E-state index in [2.05, 4.69) is 6.58 Å². The summed E-state index contributed by atoms with van der Waals surface area (Å²) in [4.78, 5) is 21.5. The van der Waals surface area contributed by atoms with Crippen LogP contribution in [0.4, 0.5) is 0 Å². The number of aliphatic carboxylic acids is 1. The molecule has 4 nitrogen and oxygen atoms in total. The lowest BCUT2D eigenvalue weighted by molar-refractivity contribution is -0.138. The fraction of sp³-hybridized carbons (Fsp3) is 0.400. The maximum Gasteiger partial charge on any atom is 0.337 e. The van der Waals surface area contributed by atoms with E-state index in [1.54, 1.807) is 0 Å². The van der Waals surface area contributed by atoms with Gasteiger partial charge in [0, 0.05) is 5.57 Å². The van der Waals surface area contributed by atoms with Gasteiger partial charge in [-0.1, -0.05) is 13.5 Å². The number of hydrogen-bond acceptors (Lipinski definition) is 3. The van der Waals surface area contributed by atoms with E-state index in [0.717, 1.165) is 6.42 Å². The highest BCUT2D eigenvalue weighted by molar-refractivity contribution is 5.94. The normalized spacial score (nSPS) is 10.9. The van der Waals surface area contributed by atoms with E-state index in [4.69, 9.17) is 9.84 Å². The molecule has 0 saturated carbocycles. The lowest BCUT2D eigenvalue weighted by Gasteiger charge is -2.02. The maximum absolute atomic E-state index is 11.1. The second-order valence-electron chi connectivity index (χ2n) is 2.79. The Morgan fingerprint density at radius 3 is 2.50 bits per heavy atom. The highest BCUT2D eigenvalue weighted by Gasteiger charge is 2.07. The molecule has 0 aliphatic heterocycles. The van der Waals surface area contributed by atoms with Crippen LogP contribution in [0.5, 0.6) is 0 Å². The number of hydrogen-bond donors (Lipinski definition) is 1. The molecule has 0 aromatic heterocycles. The van der Waals surface area contributed by atoms with E-state index < -0.39 is 11.9 Å². The molecule has 0 unspecified atom stereocenters. The van der Waals surface area contributed by atoms with Crippen molar-refractivity contribution in [2.45, 2.75) is 20.3 Å². The average molecular weight is 198 g/mol. The molecule has 0 atom stereocenters. The van der Waals surface area contributed by atoms with E-state index in [-0.39, 0.29) is 11.1 Å². The molecular weight excluding hydrogens is 184 g/mol. The van der Waals surface area contributed by atoms with Gasteiger partial charge in [0.25, 0.3) is 0 Å². The predicted octanol–water partition coefficient (Wildman–Crippen LogP) is 1.53. The molecule has 0 heterocycles. The lowest BCUT2D eigenvalue weighted by atomic mass is 10.2. The summed E-state index contributed by atoms with van der Waals surface area (Å²) in [6, 6.07) is 0. The quantitative estimate of drug-likeness (QED) is 0.413. The summed E-state index contributed by atoms with van der Waals surface area (Å²) in [5.41, 5.74) is 0.113. The standard InChI is InChI=1S/C10H14O4/c1-4-5-14-10(13)8(3)6-7(2)9(11)12/h6H,3-5H2,1-2H3,(H,11,12). The van der Waals surface area contributed by atoms with Gasteiger partial charge >= 0.3 is 11.9 Å². The van der Waals surface area contributed by atoms with Gasteiger partial charge in [0.15, 0.2) is 0 Å². The molecule has 0 aliphatic carbocycles. The van der Waals surface area contributed by atoms with Crippen LogP contribution in [0.1, 0.15) is 20.3 Å². The van der Waals surface area contributed by atoms with Crippen molar-refractivity contribution in [3.63, 3.8) is 0 Å². The van der Waals surface area contributed by atoms with Crippen molar-refractivity contribution in [1.29, 1.82) is 0 Å². The molecule has 14 heavy (non-hydrogen) atoms. The zero-order valence-electron chi connectivity index (χ0n) is 8.37. The highest BCUT2D eigenvalue weighted by Crippen LogP contribution is 2.03. The fourth-order valence-corrected chi connectivity index (χ4v) is 0.669. The molecule has 0 aliphatic rings. The van der Waals surface area contributed by atoms with Crippen LogP contribution in [0.3, 0.4) is 0 Å². The first-order valence-electron chi connectivity index (χ1n) is 4.26. The van der Waals surface area contributed by atoms with Gasteiger partial charge in [0.05, 0.1) is 12.2 Å². The second-order valence-corrected chi connectivity index (χ2v) is 2.79. The molecule has 0 aromatic carbocycles. The molecule has 0 rings (SSSR count). The molecule has 78 valence electrons. The fourth-order valence-electron chi connectivity index (χ4n) is 0.669. The number of ether oxygens (including phenoxy) is 1. The SMILES string of the molecule is C=C(C=C(C)C(=O)O)C(=O)OCCC. The van der Waals surface area contributed by atoms with E-state index in [1.165, 1.54) is 13.0 Å². The lowest BCUT2D eigenvalue weighted by Crippen LogP contribution is -2.07. The zero-order valence-corrected chi connectivity index (χ0v) is 8.37. The second kappa shape index (κ2) is 5.96. The van der Waals surface area contributed by atoms with Crippen LogP contribution in [0.25, 0.3) is 0 Å². The summed E-state index contributed by atoms with van der Waals surface area (Å²) < 4.78 is 4.76. The third-order valence-corrected chi connectivity index (χ3v) is 1.43. The van der Waals surface area contributed by atoms with Gasteiger partial charge < -0.3 is 9.84 Å². The first kappa shape index (κ1) is 12.4. The highest BCUT2D eigenvalue weighted by atomic mass is 16.5. The van der Waals surface area contributed by atoms with E-state index in [0.29, 0.717) is 6.61 Å². The van der Waals surface area contributed by atoms with Crippen LogP contribution < -0.4 is 0 Å². The van der Waals surface area contributed by atoms with Crippen molar-refractivity contribution >= 4 is 11.9 Å². The summed E-state index contributed by atoms with van der Waals surface area (Å²) in [5, 5.41) is 8.53. The Morgan fingerprint density at radius 2 is 2.07 bits per heavy atom. The minimum atomic E-state index is -1.07. The van der Waals surface area contributed by atoms with Gasteiger partial charge in [0.1, 0.15) is 0 Å². The van der Waals surface area contributed by atoms with Crippen LogP contribution in [-0.4, -0.2) is 23.7 Å². The maximum atomic E-state index is 11.1. The van der Waals surface area contributed by atoms with Gasteiger partial charge in [-0.2, -0.15) is 0 Å². The van der Waals surface area contributed by atoms with Crippen molar-refractivity contribution in [2.75, 3.05) is 6.61 Å². The third kappa shape index (κ3) is 4.45. The molecule has 0 fully saturated rings. The third-order valence-electron chi connectivity index (χ3n) is 1.43. The number of carbonyl (C=O) groups excluding carboxylic acids is 1. The molecule has 0 saturated heterocycles. The summed E-state index contributed by atoms with van der Waals surface area (Å²) in [5.74, 6) is -1.65. The number of carboxylic acid groups (broad SMARTS) is 1. The van der Waals surface area contributed by atoms with E-state index in [1.807, 2.05) is 6.92 Å². The van der Waals surface area contributed by atoms with Crippen LogP contribution in [0, 0.1) is 0 Å². The Bertz CT molecular complexity index is 276. The molecule has 4 heteroatoms. The molecule has 0 radical (unpaired) electrons. The summed E-state index contributed by atoms with van der Waals surface area (Å²) in [6.07, 6.45) is 1.92. The van der Waals surface area contributed by atoms with Crippen molar-refractivity contribution in [2.24, 2.45) is 0 Å². The van der Waals surface area contributed by atoms with Crippen molar-refractivity contribution in [3.8, 4) is 0 Å². The topological polar surface area (TPSA) is 63.6 Å². The summed E-state index contributed by atoms with van der Waals surface area (Å²) in [7, 11) is 0. The number of rotatable bonds is 5. The molecule has 1 N–H and O–H groups in total. The van der Waals surface area contributed by atoms with Crippen molar-refractivity contribution in [3.05, 3.63) is 23.8 Å². The minimum Gasteiger partial charge on any atom is -0.478 e. The number of carbonyl (C=O) groups is 2. The zero-order chi connectivity index (χ0) is 11.1. The first-order chi connectivity index (χ1) is 6.49. The van der Waals surface area contributed by atoms with E-state index >= 15 is 0 Å². The smallest absolute Gasteiger partial charge is 0.337 e. The number of carboxylic acids is 1. The van der Waals surface area contributed by atoms with Gasteiger partial charge in [0.2, 0.25) is 0 Å². The monoisotopic (exact) mass is 198 g/mol. The molecule has 0 aromatic rings. The van der Waals surface area contributed by atoms with Crippen LogP contribution in [0.15, 0.2) is 23.8 Å². The molecule has 0 spiro atoms. The van der Waals surface area contributed by atoms with Crippen LogP contribution in [0.2, 0.25) is 0 Å². The predicted molar refractivity (Wildman–Crippen MR) is 51.8 cm³/mol. The Labute approximate surface area is 82.9 Å². The first-order valence-corrected chi connectivity index (χ1v) is 4.26. The Kier molecular flexibility index (Phi) is 5.29. The summed E-state index contributed by atoms with van der Waals surface area (Å²) >= 11 is 0. The van der Waals surface area contributed by atoms with Gasteiger partial charge in [-0.15, -0.1) is 0 Å². The summed E-state index contributed by atoms with van der Waals surface area (Å²) in [6.45, 7) is 6.99. The van der Waals surface area contributed by atoms with Gasteiger partial charge in [-0.05, 0) is 19.4 Å². The Balaban J connectivity index is 4.27. The average Bonchev–Trinajstić information content (AvgIpc) is 2.13. The van der Waals surface area contributed by atoms with Crippen molar-refractivity contribution < 1.29 is 19.4 Å². The molecule has 0 bridgehead atoms.